The lowest BCUT2D eigenvalue weighted by Crippen LogP contribution is -2.47. The number of rotatable bonds is 69. The van der Waals surface area contributed by atoms with E-state index >= 15 is 0 Å². The molecule has 0 heterocycles. The Labute approximate surface area is 541 Å². The third-order valence-corrected chi connectivity index (χ3v) is 17.9. The van der Waals surface area contributed by atoms with E-state index in [1.54, 1.807) is 0 Å². The van der Waals surface area contributed by atoms with Crippen LogP contribution >= 0.6 is 7.82 Å². The molecule has 0 aromatic heterocycles. The molecule has 0 spiro atoms. The Morgan fingerprint density at radius 1 is 0.402 bits per heavy atom. The number of likely N-dealkylation sites (N-methyl/N-ethyl adjacent to an activating group) is 1. The van der Waals surface area contributed by atoms with E-state index in [-0.39, 0.29) is 31.5 Å². The van der Waals surface area contributed by atoms with Crippen LogP contribution in [0, 0.1) is 0 Å². The summed E-state index contributed by atoms with van der Waals surface area (Å²) in [5, 5.41) is 3.07. The molecule has 9 nitrogen and oxygen atoms in total. The van der Waals surface area contributed by atoms with E-state index in [4.69, 9.17) is 13.8 Å². The number of nitrogens with zero attached hydrogens (tertiary/aromatic N) is 1. The Kier molecular flexibility index (Phi) is 64.9. The Hall–Kier alpha value is -2.29. The second-order valence-corrected chi connectivity index (χ2v) is 28.3. The van der Waals surface area contributed by atoms with Crippen LogP contribution in [-0.4, -0.2) is 74.3 Å². The fourth-order valence-corrected chi connectivity index (χ4v) is 11.9. The van der Waals surface area contributed by atoms with E-state index in [0.717, 1.165) is 89.9 Å². The molecule has 0 aliphatic carbocycles. The van der Waals surface area contributed by atoms with Crippen molar-refractivity contribution in [2.75, 3.05) is 40.9 Å². The van der Waals surface area contributed by atoms with Gasteiger partial charge < -0.3 is 19.4 Å². The average molecular weight is 1240 g/mol. The van der Waals surface area contributed by atoms with Gasteiger partial charge in [0.15, 0.2) is 0 Å². The number of hydrogen-bond donors (Lipinski definition) is 2. The number of quaternary nitrogens is 1. The number of carbonyl (C=O) groups excluding carboxylic acids is 2. The van der Waals surface area contributed by atoms with Crippen molar-refractivity contribution in [3.8, 4) is 0 Å². The highest BCUT2D eigenvalue weighted by Gasteiger charge is 2.30. The van der Waals surface area contributed by atoms with Crippen LogP contribution in [0.2, 0.25) is 0 Å². The zero-order chi connectivity index (χ0) is 63.5. The first-order valence-corrected chi connectivity index (χ1v) is 39.1. The Bertz CT molecular complexity index is 1670. The molecule has 87 heavy (non-hydrogen) atoms. The number of unbranched alkanes of at least 4 members (excludes halogenated alkanes) is 45. The quantitative estimate of drug-likeness (QED) is 0.0205. The predicted octanol–water partition coefficient (Wildman–Crippen LogP) is 24.1. The summed E-state index contributed by atoms with van der Waals surface area (Å²) in [5.41, 5.74) is 0. The minimum atomic E-state index is -4.46. The fourth-order valence-electron chi connectivity index (χ4n) is 11.2. The van der Waals surface area contributed by atoms with Crippen molar-refractivity contribution in [3.05, 3.63) is 60.8 Å². The van der Waals surface area contributed by atoms with E-state index in [0.29, 0.717) is 17.4 Å². The van der Waals surface area contributed by atoms with Gasteiger partial charge in [0.2, 0.25) is 5.91 Å². The summed E-state index contributed by atoms with van der Waals surface area (Å²) in [6.45, 7) is 7.03. The number of esters is 1. The standard InChI is InChI=1S/C77H145N2O7P/c1-7-10-13-16-19-22-25-27-29-31-33-35-37-38-39-40-42-43-45-47-49-51-54-57-60-63-66-69-76(80)78-74(73-85-87(82,83)84-72-71-79(4,5)6)75(68-65-62-59-56-53-24-21-18-15-12-9-3)86-77(81)70-67-64-61-58-55-52-50-48-46-44-41-36-34-32-30-28-26-23-20-17-14-11-8-2/h20,23,28,30,34,36,44,46,65,68,74-75H,7-19,21-22,24-27,29,31-33,35,37-43,45,47-64,66-67,69-73H2,1-6H3,(H-,78,80,82,83)/p+1/b23-20-,30-28-,36-34-,46-44-,68-65+. The van der Waals surface area contributed by atoms with Crippen LogP contribution in [0.15, 0.2) is 60.8 Å². The number of nitrogens with one attached hydrogen (secondary N) is 1. The number of allylic oxidation sites excluding steroid dienone is 9. The summed E-state index contributed by atoms with van der Waals surface area (Å²) in [5.74, 6) is -0.502. The summed E-state index contributed by atoms with van der Waals surface area (Å²) in [6.07, 6.45) is 86.8. The highest BCUT2D eigenvalue weighted by molar-refractivity contribution is 7.47. The van der Waals surface area contributed by atoms with Crippen molar-refractivity contribution in [2.45, 2.75) is 380 Å². The normalized spacial score (nSPS) is 13.8. The summed E-state index contributed by atoms with van der Waals surface area (Å²) in [7, 11) is 1.50. The van der Waals surface area contributed by atoms with E-state index in [2.05, 4.69) is 74.7 Å². The lowest BCUT2D eigenvalue weighted by Gasteiger charge is -2.27. The van der Waals surface area contributed by atoms with Crippen LogP contribution in [0.25, 0.3) is 0 Å². The molecule has 2 N–H and O–H groups in total. The molecule has 3 atom stereocenters. The van der Waals surface area contributed by atoms with Crippen LogP contribution in [0.3, 0.4) is 0 Å². The summed E-state index contributed by atoms with van der Waals surface area (Å²) in [6, 6.07) is -0.853. The summed E-state index contributed by atoms with van der Waals surface area (Å²) < 4.78 is 30.8. The molecule has 0 rings (SSSR count). The van der Waals surface area contributed by atoms with Crippen molar-refractivity contribution < 1.29 is 37.3 Å². The zero-order valence-corrected chi connectivity index (χ0v) is 59.4. The van der Waals surface area contributed by atoms with Gasteiger partial charge in [-0.25, -0.2) is 4.57 Å². The molecular formula is C77H146N2O7P+. The molecule has 0 fully saturated rings. The van der Waals surface area contributed by atoms with Gasteiger partial charge in [-0.15, -0.1) is 0 Å². The Morgan fingerprint density at radius 3 is 1.07 bits per heavy atom. The lowest BCUT2D eigenvalue weighted by molar-refractivity contribution is -0.870. The minimum Gasteiger partial charge on any atom is -0.456 e. The smallest absolute Gasteiger partial charge is 0.456 e. The predicted molar refractivity (Wildman–Crippen MR) is 378 cm³/mol. The minimum absolute atomic E-state index is 0.0388. The molecular weight excluding hydrogens is 1100 g/mol. The van der Waals surface area contributed by atoms with Gasteiger partial charge >= 0.3 is 13.8 Å². The van der Waals surface area contributed by atoms with Crippen molar-refractivity contribution in [1.29, 1.82) is 0 Å². The van der Waals surface area contributed by atoms with Crippen molar-refractivity contribution in [3.63, 3.8) is 0 Å². The maximum Gasteiger partial charge on any atom is 0.472 e. The third kappa shape index (κ3) is 67.9. The molecule has 0 aliphatic heterocycles. The van der Waals surface area contributed by atoms with Crippen LogP contribution in [-0.2, 0) is 27.9 Å². The van der Waals surface area contributed by atoms with Crippen molar-refractivity contribution in [1.82, 2.24) is 5.32 Å². The number of carbonyl (C=O) groups is 2. The fraction of sp³-hybridized carbons (Fsp3) is 0.844. The van der Waals surface area contributed by atoms with Crippen LogP contribution in [0.4, 0.5) is 0 Å². The van der Waals surface area contributed by atoms with Crippen LogP contribution in [0.1, 0.15) is 367 Å². The molecule has 0 bridgehead atoms. The average Bonchev–Trinajstić information content (AvgIpc) is 3.70. The van der Waals surface area contributed by atoms with E-state index in [9.17, 15) is 19.0 Å². The molecule has 0 aromatic rings. The van der Waals surface area contributed by atoms with Crippen molar-refractivity contribution >= 4 is 19.7 Å². The third-order valence-electron chi connectivity index (χ3n) is 17.0. The summed E-state index contributed by atoms with van der Waals surface area (Å²) in [4.78, 5) is 37.9. The SMILES string of the molecule is CCCCC/C=C\C/C=C\C/C=C\C/C=C\CCCCCCCCCC(=O)OC(/C=C/CCCCCCCCCCC)C(COP(=O)(O)OCC[N+](C)(C)C)NC(=O)CCCCCCCCCCCCCCCCCCCCCCCCCCCCC. The van der Waals surface area contributed by atoms with Gasteiger partial charge in [0.1, 0.15) is 19.3 Å². The van der Waals surface area contributed by atoms with Gasteiger partial charge in [0.25, 0.3) is 0 Å². The topological polar surface area (TPSA) is 111 Å². The maximum atomic E-state index is 13.6. The van der Waals surface area contributed by atoms with Crippen LogP contribution in [0.5, 0.6) is 0 Å². The van der Waals surface area contributed by atoms with E-state index in [1.165, 1.54) is 244 Å². The van der Waals surface area contributed by atoms with Crippen molar-refractivity contribution in [2.24, 2.45) is 0 Å². The lowest BCUT2D eigenvalue weighted by atomic mass is 10.0. The number of ether oxygens (including phenoxy) is 1. The first-order chi connectivity index (χ1) is 42.4. The number of phosphoric acid groups is 1. The Balaban J connectivity index is 4.95. The van der Waals surface area contributed by atoms with Gasteiger partial charge in [-0.1, -0.05) is 339 Å². The van der Waals surface area contributed by atoms with E-state index in [1.807, 2.05) is 33.3 Å². The number of amides is 1. The van der Waals surface area contributed by atoms with Gasteiger partial charge in [0, 0.05) is 12.8 Å². The largest absolute Gasteiger partial charge is 0.472 e. The molecule has 10 heteroatoms. The van der Waals surface area contributed by atoms with Gasteiger partial charge in [-0.2, -0.15) is 0 Å². The molecule has 0 saturated carbocycles. The van der Waals surface area contributed by atoms with Crippen LogP contribution < -0.4 is 5.32 Å². The molecule has 3 unspecified atom stereocenters. The highest BCUT2D eigenvalue weighted by atomic mass is 31.2. The second-order valence-electron chi connectivity index (χ2n) is 26.8. The Morgan fingerprint density at radius 2 is 0.701 bits per heavy atom. The second kappa shape index (κ2) is 66.6. The number of phosphoric ester groups is 1. The molecule has 510 valence electrons. The molecule has 0 radical (unpaired) electrons. The maximum absolute atomic E-state index is 13.6. The summed E-state index contributed by atoms with van der Waals surface area (Å²) >= 11 is 0. The molecule has 0 aliphatic rings. The first-order valence-electron chi connectivity index (χ1n) is 37.6. The number of hydrogen-bond acceptors (Lipinski definition) is 6. The monoisotopic (exact) mass is 1240 g/mol. The van der Waals surface area contributed by atoms with Gasteiger partial charge in [-0.3, -0.25) is 18.6 Å². The van der Waals surface area contributed by atoms with E-state index < -0.39 is 20.0 Å². The molecule has 1 amide bonds. The first kappa shape index (κ1) is 84.7. The highest BCUT2D eigenvalue weighted by Crippen LogP contribution is 2.43. The van der Waals surface area contributed by atoms with Gasteiger partial charge in [-0.05, 0) is 76.7 Å². The molecule has 0 aromatic carbocycles. The molecule has 0 saturated heterocycles. The van der Waals surface area contributed by atoms with Gasteiger partial charge in [0.05, 0.1) is 33.8 Å². The zero-order valence-electron chi connectivity index (χ0n) is 58.5.